The average Bonchev–Trinajstić information content (AvgIpc) is 3.27. The van der Waals surface area contributed by atoms with Gasteiger partial charge in [-0.3, -0.25) is 4.79 Å². The minimum atomic E-state index is -1.53. The minimum Gasteiger partial charge on any atom is -0.457 e. The van der Waals surface area contributed by atoms with Gasteiger partial charge >= 0.3 is 5.97 Å². The highest BCUT2D eigenvalue weighted by atomic mass is 16.7. The van der Waals surface area contributed by atoms with Crippen molar-refractivity contribution in [1.82, 2.24) is 0 Å². The lowest BCUT2D eigenvalue weighted by atomic mass is 9.99. The number of unbranched alkanes of at least 4 members (excludes halogenated alkanes) is 31. The average molecular weight is 881 g/mol. The van der Waals surface area contributed by atoms with Crippen molar-refractivity contribution in [3.8, 4) is 0 Å². The lowest BCUT2D eigenvalue weighted by molar-refractivity contribution is -0.305. The van der Waals surface area contributed by atoms with Crippen LogP contribution in [0.2, 0.25) is 0 Å². The highest BCUT2D eigenvalue weighted by Gasteiger charge is 2.44. The summed E-state index contributed by atoms with van der Waals surface area (Å²) in [6.07, 6.45) is 46.5. The lowest BCUT2D eigenvalue weighted by Crippen LogP contribution is -2.59. The zero-order valence-corrected chi connectivity index (χ0v) is 40.4. The van der Waals surface area contributed by atoms with Gasteiger partial charge in [0.1, 0.15) is 30.5 Å². The van der Waals surface area contributed by atoms with Gasteiger partial charge in [-0.2, -0.15) is 0 Å². The molecule has 6 unspecified atom stereocenters. The van der Waals surface area contributed by atoms with Crippen LogP contribution < -0.4 is 0 Å². The molecule has 0 aromatic rings. The highest BCUT2D eigenvalue weighted by Crippen LogP contribution is 2.23. The molecule has 366 valence electrons. The van der Waals surface area contributed by atoms with Crippen molar-refractivity contribution >= 4 is 5.97 Å². The third kappa shape index (κ3) is 35.0. The van der Waals surface area contributed by atoms with Gasteiger partial charge in [-0.05, 0) is 44.9 Å². The molecule has 6 atom stereocenters. The fourth-order valence-corrected chi connectivity index (χ4v) is 8.23. The molecule has 1 fully saturated rings. The van der Waals surface area contributed by atoms with Crippen LogP contribution in [-0.2, 0) is 23.7 Å². The van der Waals surface area contributed by atoms with Crippen molar-refractivity contribution in [3.05, 3.63) is 24.3 Å². The Hall–Kier alpha value is -1.33. The Morgan fingerprint density at radius 2 is 0.935 bits per heavy atom. The van der Waals surface area contributed by atoms with E-state index in [0.717, 1.165) is 38.5 Å². The largest absolute Gasteiger partial charge is 0.457 e. The van der Waals surface area contributed by atoms with E-state index in [2.05, 4.69) is 38.2 Å². The standard InChI is InChI=1S/C53H100O9/c1-3-5-7-9-11-13-15-17-18-19-20-21-22-23-24-25-26-27-28-29-31-33-35-37-39-41-43-59-45-47(46-60-53-52(58)51(57)50(56)48(44-54)62-53)61-49(55)42-40-38-36-34-32-30-16-14-12-10-8-6-4-2/h15,17,19-20,47-48,50-54,56-58H,3-14,16,18,21-46H2,1-2H3/b17-15-,20-19-. The fourth-order valence-electron chi connectivity index (χ4n) is 8.23. The Labute approximate surface area is 381 Å². The van der Waals surface area contributed by atoms with E-state index in [-0.39, 0.29) is 19.2 Å². The molecule has 9 nitrogen and oxygen atoms in total. The monoisotopic (exact) mass is 881 g/mol. The van der Waals surface area contributed by atoms with Crippen molar-refractivity contribution in [1.29, 1.82) is 0 Å². The van der Waals surface area contributed by atoms with Crippen LogP contribution in [0.4, 0.5) is 0 Å². The Kier molecular flexibility index (Phi) is 42.5. The molecule has 0 radical (unpaired) electrons. The van der Waals surface area contributed by atoms with Crippen LogP contribution in [0.25, 0.3) is 0 Å². The molecule has 4 N–H and O–H groups in total. The molecule has 1 aliphatic heterocycles. The molecule has 0 aromatic carbocycles. The summed E-state index contributed by atoms with van der Waals surface area (Å²) in [5, 5.41) is 40.2. The van der Waals surface area contributed by atoms with E-state index in [1.54, 1.807) is 0 Å². The van der Waals surface area contributed by atoms with Crippen LogP contribution in [-0.4, -0.2) is 89.6 Å². The maximum absolute atomic E-state index is 12.8. The number of allylic oxidation sites excluding steroid dienone is 4. The second-order valence-corrected chi connectivity index (χ2v) is 18.3. The summed E-state index contributed by atoms with van der Waals surface area (Å²) in [5.74, 6) is -0.310. The van der Waals surface area contributed by atoms with E-state index in [9.17, 15) is 25.2 Å². The van der Waals surface area contributed by atoms with Gasteiger partial charge in [-0.1, -0.05) is 218 Å². The SMILES string of the molecule is CCCCCCC/C=C\C/C=C\CCCCCCCCCCCCCCCCOCC(COC1OC(CO)C(O)C(O)C1O)OC(=O)CCCCCCCCCCCCCCC. The van der Waals surface area contributed by atoms with Crippen LogP contribution in [0.3, 0.4) is 0 Å². The first-order valence-corrected chi connectivity index (χ1v) is 26.4. The third-order valence-electron chi connectivity index (χ3n) is 12.4. The third-order valence-corrected chi connectivity index (χ3v) is 12.4. The van der Waals surface area contributed by atoms with Crippen molar-refractivity contribution in [2.75, 3.05) is 26.4 Å². The Balaban J connectivity index is 2.13. The fraction of sp³-hybridized carbons (Fsp3) is 0.906. The number of aliphatic hydroxyl groups excluding tert-OH is 4. The van der Waals surface area contributed by atoms with Gasteiger partial charge in [0.25, 0.3) is 0 Å². The zero-order valence-electron chi connectivity index (χ0n) is 40.4. The summed E-state index contributed by atoms with van der Waals surface area (Å²) in [6, 6.07) is 0. The summed E-state index contributed by atoms with van der Waals surface area (Å²) < 4.78 is 22.9. The number of esters is 1. The lowest BCUT2D eigenvalue weighted by Gasteiger charge is -2.39. The number of hydrogen-bond acceptors (Lipinski definition) is 9. The number of rotatable bonds is 46. The zero-order chi connectivity index (χ0) is 45.0. The Morgan fingerprint density at radius 1 is 0.516 bits per heavy atom. The second kappa shape index (κ2) is 44.9. The molecule has 62 heavy (non-hydrogen) atoms. The van der Waals surface area contributed by atoms with Crippen LogP contribution in [0, 0.1) is 0 Å². The maximum atomic E-state index is 12.8. The van der Waals surface area contributed by atoms with Crippen LogP contribution in [0.5, 0.6) is 0 Å². The van der Waals surface area contributed by atoms with Crippen molar-refractivity contribution < 1.29 is 44.2 Å². The van der Waals surface area contributed by atoms with Gasteiger partial charge in [-0.15, -0.1) is 0 Å². The van der Waals surface area contributed by atoms with Crippen molar-refractivity contribution in [2.24, 2.45) is 0 Å². The molecule has 0 spiro atoms. The molecule has 0 bridgehead atoms. The summed E-state index contributed by atoms with van der Waals surface area (Å²) >= 11 is 0. The summed E-state index contributed by atoms with van der Waals surface area (Å²) in [6.45, 7) is 4.58. The van der Waals surface area contributed by atoms with Crippen LogP contribution >= 0.6 is 0 Å². The number of carbonyl (C=O) groups excluding carboxylic acids is 1. The molecular weight excluding hydrogens is 781 g/mol. The molecule has 0 amide bonds. The second-order valence-electron chi connectivity index (χ2n) is 18.3. The van der Waals surface area contributed by atoms with E-state index in [0.29, 0.717) is 13.0 Å². The van der Waals surface area contributed by atoms with Gasteiger partial charge in [0, 0.05) is 13.0 Å². The van der Waals surface area contributed by atoms with Crippen LogP contribution in [0.15, 0.2) is 24.3 Å². The normalized spacial score (nSPS) is 19.9. The summed E-state index contributed by atoms with van der Waals surface area (Å²) in [5.41, 5.74) is 0. The Bertz CT molecular complexity index is 1000. The maximum Gasteiger partial charge on any atom is 0.306 e. The predicted molar refractivity (Wildman–Crippen MR) is 256 cm³/mol. The molecule has 1 aliphatic rings. The molecule has 1 rings (SSSR count). The topological polar surface area (TPSA) is 135 Å². The van der Waals surface area contributed by atoms with E-state index in [1.807, 2.05) is 0 Å². The molecule has 1 saturated heterocycles. The van der Waals surface area contributed by atoms with Crippen molar-refractivity contribution in [3.63, 3.8) is 0 Å². The quantitative estimate of drug-likeness (QED) is 0.0268. The van der Waals surface area contributed by atoms with E-state index in [1.165, 1.54) is 186 Å². The van der Waals surface area contributed by atoms with Gasteiger partial charge < -0.3 is 39.4 Å². The summed E-state index contributed by atoms with van der Waals surface area (Å²) in [4.78, 5) is 12.8. The first-order chi connectivity index (χ1) is 30.4. The molecule has 9 heteroatoms. The Morgan fingerprint density at radius 3 is 1.39 bits per heavy atom. The number of ether oxygens (including phenoxy) is 4. The minimum absolute atomic E-state index is 0.108. The predicted octanol–water partition coefficient (Wildman–Crippen LogP) is 12.9. The first kappa shape index (κ1) is 58.7. The molecule has 1 heterocycles. The molecule has 0 saturated carbocycles. The number of aliphatic hydroxyl groups is 4. The molecular formula is C53H100O9. The van der Waals surface area contributed by atoms with Gasteiger partial charge in [0.15, 0.2) is 6.29 Å². The van der Waals surface area contributed by atoms with Gasteiger partial charge in [0.2, 0.25) is 0 Å². The van der Waals surface area contributed by atoms with E-state index in [4.69, 9.17) is 18.9 Å². The molecule has 0 aromatic heterocycles. The van der Waals surface area contributed by atoms with E-state index < -0.39 is 43.4 Å². The van der Waals surface area contributed by atoms with Gasteiger partial charge in [-0.25, -0.2) is 0 Å². The number of carbonyl (C=O) groups is 1. The highest BCUT2D eigenvalue weighted by molar-refractivity contribution is 5.69. The first-order valence-electron chi connectivity index (χ1n) is 26.4. The number of hydrogen-bond donors (Lipinski definition) is 4. The van der Waals surface area contributed by atoms with E-state index >= 15 is 0 Å². The summed E-state index contributed by atoms with van der Waals surface area (Å²) in [7, 11) is 0. The van der Waals surface area contributed by atoms with Gasteiger partial charge in [0.05, 0.1) is 19.8 Å². The van der Waals surface area contributed by atoms with Crippen LogP contribution in [0.1, 0.15) is 245 Å². The smallest absolute Gasteiger partial charge is 0.306 e. The van der Waals surface area contributed by atoms with Crippen molar-refractivity contribution in [2.45, 2.75) is 282 Å². The molecule has 0 aliphatic carbocycles.